The highest BCUT2D eigenvalue weighted by Gasteiger charge is 2.23. The van der Waals surface area contributed by atoms with E-state index in [1.807, 2.05) is 6.20 Å². The number of aryl methyl sites for hydroxylation is 1. The maximum atomic E-state index is 4.93. The summed E-state index contributed by atoms with van der Waals surface area (Å²) in [6, 6.07) is 52.4. The van der Waals surface area contributed by atoms with E-state index in [1.165, 1.54) is 54.2 Å². The minimum absolute atomic E-state index is 0.894. The zero-order chi connectivity index (χ0) is 28.0. The minimum atomic E-state index is 0.894. The smallest absolute Gasteiger partial charge is 0.137 e. The van der Waals surface area contributed by atoms with Crippen molar-refractivity contribution in [2.45, 2.75) is 6.92 Å². The van der Waals surface area contributed by atoms with Gasteiger partial charge in [0, 0.05) is 22.7 Å². The van der Waals surface area contributed by atoms with E-state index in [2.05, 4.69) is 157 Å². The Morgan fingerprint density at radius 3 is 1.67 bits per heavy atom. The maximum absolute atomic E-state index is 4.93. The molecule has 7 aromatic carbocycles. The lowest BCUT2D eigenvalue weighted by Gasteiger charge is -2.29. The van der Waals surface area contributed by atoms with Crippen molar-refractivity contribution in [2.24, 2.45) is 0 Å². The van der Waals surface area contributed by atoms with Crippen LogP contribution in [0.2, 0.25) is 0 Å². The van der Waals surface area contributed by atoms with Crippen LogP contribution in [-0.2, 0) is 0 Å². The standard InChI is InChI=1S/C40H28N2/c1-27-23-24-38(41-26-27)42(29-14-3-2-4-15-29)40-35-21-11-9-19-33(35)39(34-20-10-12-22-36(34)40)37-25-28-13-5-6-16-30(28)31-17-7-8-18-32(31)37/h2-26H,1H3. The predicted octanol–water partition coefficient (Wildman–Crippen LogP) is 11.1. The third-order valence-corrected chi connectivity index (χ3v) is 8.30. The summed E-state index contributed by atoms with van der Waals surface area (Å²) in [7, 11) is 0. The Morgan fingerprint density at radius 2 is 1.02 bits per heavy atom. The zero-order valence-electron chi connectivity index (χ0n) is 23.3. The van der Waals surface area contributed by atoms with E-state index in [9.17, 15) is 0 Å². The first-order chi connectivity index (χ1) is 20.8. The maximum Gasteiger partial charge on any atom is 0.137 e. The molecule has 0 unspecified atom stereocenters. The van der Waals surface area contributed by atoms with E-state index in [1.54, 1.807) is 0 Å². The number of benzene rings is 7. The van der Waals surface area contributed by atoms with Gasteiger partial charge in [-0.15, -0.1) is 0 Å². The van der Waals surface area contributed by atoms with Crippen LogP contribution in [0.4, 0.5) is 17.2 Å². The Bertz CT molecular complexity index is 2190. The predicted molar refractivity (Wildman–Crippen MR) is 179 cm³/mol. The van der Waals surface area contributed by atoms with Crippen LogP contribution in [0.25, 0.3) is 54.2 Å². The van der Waals surface area contributed by atoms with Crippen LogP contribution in [-0.4, -0.2) is 4.98 Å². The molecule has 2 heteroatoms. The normalized spacial score (nSPS) is 11.5. The first-order valence-corrected chi connectivity index (χ1v) is 14.4. The van der Waals surface area contributed by atoms with E-state index < -0.39 is 0 Å². The van der Waals surface area contributed by atoms with Crippen molar-refractivity contribution in [1.82, 2.24) is 4.98 Å². The number of fused-ring (bicyclic) bond motifs is 5. The lowest BCUT2D eigenvalue weighted by atomic mass is 9.86. The fourth-order valence-electron chi connectivity index (χ4n) is 6.44. The summed E-state index contributed by atoms with van der Waals surface area (Å²) in [5.41, 5.74) is 5.87. The number of para-hydroxylation sites is 1. The van der Waals surface area contributed by atoms with Gasteiger partial charge in [-0.05, 0) is 80.2 Å². The third kappa shape index (κ3) is 3.84. The molecule has 1 aromatic heterocycles. The molecule has 0 saturated heterocycles. The van der Waals surface area contributed by atoms with Gasteiger partial charge >= 0.3 is 0 Å². The molecule has 0 atom stereocenters. The number of rotatable bonds is 4. The highest BCUT2D eigenvalue weighted by molar-refractivity contribution is 6.26. The second kappa shape index (κ2) is 9.87. The molecule has 8 rings (SSSR count). The third-order valence-electron chi connectivity index (χ3n) is 8.30. The SMILES string of the molecule is Cc1ccc(N(c2ccccc2)c2c3ccccc3c(-c3cc4ccccc4c4ccccc34)c3ccccc23)nc1. The monoisotopic (exact) mass is 536 g/mol. The molecule has 0 amide bonds. The van der Waals surface area contributed by atoms with Crippen LogP contribution < -0.4 is 4.90 Å². The van der Waals surface area contributed by atoms with Crippen molar-refractivity contribution in [3.05, 3.63) is 157 Å². The lowest BCUT2D eigenvalue weighted by Crippen LogP contribution is -2.13. The van der Waals surface area contributed by atoms with Gasteiger partial charge in [0.2, 0.25) is 0 Å². The van der Waals surface area contributed by atoms with Crippen molar-refractivity contribution in [3.8, 4) is 11.1 Å². The molecule has 1 heterocycles. The van der Waals surface area contributed by atoms with E-state index in [0.29, 0.717) is 0 Å². The van der Waals surface area contributed by atoms with Gasteiger partial charge in [0.05, 0.1) is 5.69 Å². The second-order valence-corrected chi connectivity index (χ2v) is 10.9. The van der Waals surface area contributed by atoms with Gasteiger partial charge in [-0.1, -0.05) is 121 Å². The van der Waals surface area contributed by atoms with Crippen molar-refractivity contribution in [3.63, 3.8) is 0 Å². The summed E-state index contributed by atoms with van der Waals surface area (Å²) >= 11 is 0. The first-order valence-electron chi connectivity index (χ1n) is 14.4. The van der Waals surface area contributed by atoms with Crippen molar-refractivity contribution >= 4 is 60.3 Å². The summed E-state index contributed by atoms with van der Waals surface area (Å²) in [6.45, 7) is 2.08. The van der Waals surface area contributed by atoms with Crippen LogP contribution in [0.15, 0.2) is 152 Å². The first kappa shape index (κ1) is 24.3. The number of hydrogen-bond donors (Lipinski definition) is 0. The number of aromatic nitrogens is 1. The second-order valence-electron chi connectivity index (χ2n) is 10.9. The summed E-state index contributed by atoms with van der Waals surface area (Å²) in [5, 5.41) is 9.89. The van der Waals surface area contributed by atoms with Crippen LogP contribution in [0, 0.1) is 6.92 Å². The quantitative estimate of drug-likeness (QED) is 0.164. The Balaban J connectivity index is 1.54. The molecular formula is C40H28N2. The van der Waals surface area contributed by atoms with Crippen molar-refractivity contribution in [2.75, 3.05) is 4.90 Å². The van der Waals surface area contributed by atoms with Gasteiger partial charge in [-0.25, -0.2) is 4.98 Å². The van der Waals surface area contributed by atoms with Crippen LogP contribution >= 0.6 is 0 Å². The van der Waals surface area contributed by atoms with E-state index >= 15 is 0 Å². The van der Waals surface area contributed by atoms with Gasteiger partial charge in [-0.3, -0.25) is 4.90 Å². The summed E-state index contributed by atoms with van der Waals surface area (Å²) in [6.07, 6.45) is 1.95. The van der Waals surface area contributed by atoms with Gasteiger partial charge in [0.1, 0.15) is 5.82 Å². The van der Waals surface area contributed by atoms with Gasteiger partial charge in [-0.2, -0.15) is 0 Å². The van der Waals surface area contributed by atoms with Crippen molar-refractivity contribution < 1.29 is 0 Å². The molecule has 2 nitrogen and oxygen atoms in total. The molecule has 0 N–H and O–H groups in total. The number of hydrogen-bond acceptors (Lipinski definition) is 2. The molecule has 198 valence electrons. The molecule has 0 aliphatic rings. The van der Waals surface area contributed by atoms with Gasteiger partial charge in [0.25, 0.3) is 0 Å². The van der Waals surface area contributed by atoms with Crippen molar-refractivity contribution in [1.29, 1.82) is 0 Å². The zero-order valence-corrected chi connectivity index (χ0v) is 23.3. The highest BCUT2D eigenvalue weighted by Crippen LogP contribution is 2.49. The lowest BCUT2D eigenvalue weighted by molar-refractivity contribution is 1.17. The molecular weight excluding hydrogens is 508 g/mol. The molecule has 0 spiro atoms. The largest absolute Gasteiger partial charge is 0.294 e. The molecule has 0 aliphatic carbocycles. The summed E-state index contributed by atoms with van der Waals surface area (Å²) in [5.74, 6) is 0.894. The summed E-state index contributed by atoms with van der Waals surface area (Å²) in [4.78, 5) is 7.24. The van der Waals surface area contributed by atoms with Gasteiger partial charge < -0.3 is 0 Å². The van der Waals surface area contributed by atoms with Crippen LogP contribution in [0.5, 0.6) is 0 Å². The van der Waals surface area contributed by atoms with E-state index in [-0.39, 0.29) is 0 Å². The molecule has 0 bridgehead atoms. The fourth-order valence-corrected chi connectivity index (χ4v) is 6.44. The number of nitrogens with zero attached hydrogens (tertiary/aromatic N) is 2. The fraction of sp³-hybridized carbons (Fsp3) is 0.0250. The molecule has 0 radical (unpaired) electrons. The minimum Gasteiger partial charge on any atom is -0.294 e. The molecule has 0 saturated carbocycles. The van der Waals surface area contributed by atoms with Crippen LogP contribution in [0.3, 0.4) is 0 Å². The Morgan fingerprint density at radius 1 is 0.476 bits per heavy atom. The number of pyridine rings is 1. The summed E-state index contributed by atoms with van der Waals surface area (Å²) < 4.78 is 0. The molecule has 42 heavy (non-hydrogen) atoms. The average Bonchev–Trinajstić information content (AvgIpc) is 3.06. The Kier molecular flexibility index (Phi) is 5.72. The van der Waals surface area contributed by atoms with Gasteiger partial charge in [0.15, 0.2) is 0 Å². The Labute approximate surface area is 245 Å². The number of anilines is 3. The molecule has 0 fully saturated rings. The molecule has 8 aromatic rings. The topological polar surface area (TPSA) is 16.1 Å². The Hall–Kier alpha value is -5.47. The van der Waals surface area contributed by atoms with Crippen LogP contribution in [0.1, 0.15) is 5.56 Å². The molecule has 0 aliphatic heterocycles. The highest BCUT2D eigenvalue weighted by atomic mass is 15.2. The van der Waals surface area contributed by atoms with E-state index in [4.69, 9.17) is 4.98 Å². The average molecular weight is 537 g/mol. The van der Waals surface area contributed by atoms with E-state index in [0.717, 1.165) is 22.8 Å².